The van der Waals surface area contributed by atoms with E-state index in [-0.39, 0.29) is 22.9 Å². The van der Waals surface area contributed by atoms with Crippen LogP contribution in [0.4, 0.5) is 18.9 Å². The number of alkyl halides is 3. The van der Waals surface area contributed by atoms with Gasteiger partial charge in [-0.3, -0.25) is 4.31 Å². The van der Waals surface area contributed by atoms with Gasteiger partial charge >= 0.3 is 6.18 Å². The van der Waals surface area contributed by atoms with Crippen LogP contribution in [0.2, 0.25) is 0 Å². The molecule has 0 saturated carbocycles. The molecule has 2 rings (SSSR count). The molecule has 0 bridgehead atoms. The van der Waals surface area contributed by atoms with Crippen molar-refractivity contribution in [3.8, 4) is 11.5 Å². The summed E-state index contributed by atoms with van der Waals surface area (Å²) in [6, 6.07) is 8.07. The molecule has 0 aliphatic heterocycles. The van der Waals surface area contributed by atoms with Gasteiger partial charge in [0.15, 0.2) is 11.5 Å². The van der Waals surface area contributed by atoms with E-state index >= 15 is 0 Å². The Morgan fingerprint density at radius 1 is 0.962 bits per heavy atom. The fourth-order valence-electron chi connectivity index (χ4n) is 2.41. The molecular weight excluding hydrogens is 371 g/mol. The molecule has 0 aliphatic rings. The summed E-state index contributed by atoms with van der Waals surface area (Å²) in [4.78, 5) is -0.0584. The zero-order valence-corrected chi connectivity index (χ0v) is 15.2. The zero-order chi connectivity index (χ0) is 19.5. The third kappa shape index (κ3) is 3.87. The van der Waals surface area contributed by atoms with E-state index in [1.807, 2.05) is 0 Å². The van der Waals surface area contributed by atoms with E-state index in [9.17, 15) is 21.6 Å². The molecule has 2 aromatic carbocycles. The third-order valence-corrected chi connectivity index (χ3v) is 5.61. The van der Waals surface area contributed by atoms with Crippen molar-refractivity contribution in [2.75, 3.05) is 25.1 Å². The molecule has 142 valence electrons. The second kappa shape index (κ2) is 7.45. The van der Waals surface area contributed by atoms with Crippen molar-refractivity contribution in [2.45, 2.75) is 18.0 Å². The number of methoxy groups -OCH3 is 2. The van der Waals surface area contributed by atoms with Gasteiger partial charge in [0.2, 0.25) is 0 Å². The fraction of sp³-hybridized carbons (Fsp3) is 0.294. The Morgan fingerprint density at radius 2 is 1.54 bits per heavy atom. The first-order valence-electron chi connectivity index (χ1n) is 7.57. The van der Waals surface area contributed by atoms with Crippen LogP contribution in [0.1, 0.15) is 12.5 Å². The van der Waals surface area contributed by atoms with E-state index in [1.54, 1.807) is 6.92 Å². The first-order chi connectivity index (χ1) is 12.1. The van der Waals surface area contributed by atoms with Gasteiger partial charge in [0.25, 0.3) is 10.0 Å². The lowest BCUT2D eigenvalue weighted by atomic mass is 10.2. The van der Waals surface area contributed by atoms with Gasteiger partial charge < -0.3 is 9.47 Å². The van der Waals surface area contributed by atoms with E-state index < -0.39 is 21.8 Å². The number of ether oxygens (including phenoxy) is 2. The molecule has 2 aromatic rings. The molecule has 0 unspecified atom stereocenters. The molecule has 0 aromatic heterocycles. The maximum absolute atomic E-state index is 12.9. The van der Waals surface area contributed by atoms with Crippen LogP contribution < -0.4 is 13.8 Å². The zero-order valence-electron chi connectivity index (χ0n) is 14.4. The Balaban J connectivity index is 2.45. The number of hydrogen-bond acceptors (Lipinski definition) is 4. The quantitative estimate of drug-likeness (QED) is 0.751. The van der Waals surface area contributed by atoms with Crippen LogP contribution >= 0.6 is 0 Å². The van der Waals surface area contributed by atoms with Crippen LogP contribution in [-0.4, -0.2) is 29.2 Å². The van der Waals surface area contributed by atoms with Gasteiger partial charge in [-0.05, 0) is 43.3 Å². The van der Waals surface area contributed by atoms with Crippen LogP contribution in [-0.2, 0) is 16.2 Å². The van der Waals surface area contributed by atoms with Crippen molar-refractivity contribution in [1.29, 1.82) is 0 Å². The Labute approximate surface area is 150 Å². The summed E-state index contributed by atoms with van der Waals surface area (Å²) in [6.07, 6.45) is -4.49. The normalized spacial score (nSPS) is 11.9. The number of halogens is 3. The van der Waals surface area contributed by atoms with Crippen molar-refractivity contribution < 1.29 is 31.1 Å². The minimum absolute atomic E-state index is 0.0437. The molecule has 0 N–H and O–H groups in total. The highest BCUT2D eigenvalue weighted by Crippen LogP contribution is 2.34. The van der Waals surface area contributed by atoms with Gasteiger partial charge in [0.1, 0.15) is 0 Å². The van der Waals surface area contributed by atoms with E-state index in [0.29, 0.717) is 5.75 Å². The van der Waals surface area contributed by atoms with Crippen molar-refractivity contribution in [2.24, 2.45) is 0 Å². The minimum atomic E-state index is -4.49. The van der Waals surface area contributed by atoms with Crippen molar-refractivity contribution in [3.63, 3.8) is 0 Å². The Kier molecular flexibility index (Phi) is 5.70. The summed E-state index contributed by atoms with van der Waals surface area (Å²) in [6.45, 7) is 1.64. The highest BCUT2D eigenvalue weighted by Gasteiger charge is 2.31. The largest absolute Gasteiger partial charge is 0.493 e. The lowest BCUT2D eigenvalue weighted by molar-refractivity contribution is -0.137. The van der Waals surface area contributed by atoms with Gasteiger partial charge in [0.05, 0.1) is 30.4 Å². The van der Waals surface area contributed by atoms with Crippen LogP contribution in [0.5, 0.6) is 11.5 Å². The maximum atomic E-state index is 12.9. The molecule has 0 atom stereocenters. The summed E-state index contributed by atoms with van der Waals surface area (Å²) in [5, 5.41) is 0. The molecule has 5 nitrogen and oxygen atoms in total. The fourth-order valence-corrected chi connectivity index (χ4v) is 3.90. The average Bonchev–Trinajstić information content (AvgIpc) is 2.61. The third-order valence-electron chi connectivity index (χ3n) is 3.71. The van der Waals surface area contributed by atoms with E-state index in [0.717, 1.165) is 28.6 Å². The van der Waals surface area contributed by atoms with Gasteiger partial charge in [-0.2, -0.15) is 13.2 Å². The van der Waals surface area contributed by atoms with E-state index in [2.05, 4.69) is 0 Å². The molecule has 26 heavy (non-hydrogen) atoms. The number of nitrogens with zero attached hydrogens (tertiary/aromatic N) is 1. The molecule has 0 amide bonds. The first-order valence-corrected chi connectivity index (χ1v) is 9.01. The monoisotopic (exact) mass is 389 g/mol. The smallest absolute Gasteiger partial charge is 0.416 e. The number of sulfonamides is 1. The van der Waals surface area contributed by atoms with Gasteiger partial charge in [0, 0.05) is 12.6 Å². The SMILES string of the molecule is CCN(c1ccc(C(F)(F)F)cc1)S(=O)(=O)c1ccc(OC)c(OC)c1. The van der Waals surface area contributed by atoms with Crippen LogP contribution in [0.15, 0.2) is 47.4 Å². The summed E-state index contributed by atoms with van der Waals surface area (Å²) in [5.74, 6) is 0.598. The summed E-state index contributed by atoms with van der Waals surface area (Å²) >= 11 is 0. The number of anilines is 1. The Hall–Kier alpha value is -2.42. The molecule has 0 saturated heterocycles. The van der Waals surface area contributed by atoms with Gasteiger partial charge in [-0.15, -0.1) is 0 Å². The topological polar surface area (TPSA) is 55.8 Å². The standard InChI is InChI=1S/C17H18F3NO4S/c1-4-21(13-7-5-12(6-8-13)17(18,19)20)26(22,23)14-9-10-15(24-2)16(11-14)25-3/h5-11H,4H2,1-3H3. The molecule has 0 spiro atoms. The lowest BCUT2D eigenvalue weighted by Crippen LogP contribution is -2.30. The van der Waals surface area contributed by atoms with Crippen molar-refractivity contribution in [1.82, 2.24) is 0 Å². The molecule has 0 fully saturated rings. The summed E-state index contributed by atoms with van der Waals surface area (Å²) in [5.41, 5.74) is -0.712. The predicted octanol–water partition coefficient (Wildman–Crippen LogP) is 3.94. The molecule has 9 heteroatoms. The highest BCUT2D eigenvalue weighted by molar-refractivity contribution is 7.92. The van der Waals surface area contributed by atoms with Crippen molar-refractivity contribution in [3.05, 3.63) is 48.0 Å². The maximum Gasteiger partial charge on any atom is 0.416 e. The minimum Gasteiger partial charge on any atom is -0.493 e. The molecule has 0 aliphatic carbocycles. The van der Waals surface area contributed by atoms with E-state index in [4.69, 9.17) is 9.47 Å². The molecule has 0 heterocycles. The average molecular weight is 389 g/mol. The highest BCUT2D eigenvalue weighted by atomic mass is 32.2. The number of rotatable bonds is 6. The van der Waals surface area contributed by atoms with Crippen LogP contribution in [0.3, 0.4) is 0 Å². The summed E-state index contributed by atoms with van der Waals surface area (Å²) < 4.78 is 75.2. The first kappa shape index (κ1) is 19.9. The Bertz CT molecular complexity index is 865. The van der Waals surface area contributed by atoms with Crippen molar-refractivity contribution >= 4 is 15.7 Å². The number of hydrogen-bond donors (Lipinski definition) is 0. The van der Waals surface area contributed by atoms with Crippen LogP contribution in [0, 0.1) is 0 Å². The second-order valence-electron chi connectivity index (χ2n) is 5.23. The lowest BCUT2D eigenvalue weighted by Gasteiger charge is -2.23. The van der Waals surface area contributed by atoms with Gasteiger partial charge in [-0.1, -0.05) is 0 Å². The molecule has 0 radical (unpaired) electrons. The predicted molar refractivity (Wildman–Crippen MR) is 91.2 cm³/mol. The van der Waals surface area contributed by atoms with Crippen LogP contribution in [0.25, 0.3) is 0 Å². The Morgan fingerprint density at radius 3 is 2.00 bits per heavy atom. The second-order valence-corrected chi connectivity index (χ2v) is 7.09. The van der Waals surface area contributed by atoms with E-state index in [1.165, 1.54) is 32.4 Å². The molecular formula is C17H18F3NO4S. The number of benzene rings is 2. The van der Waals surface area contributed by atoms with Gasteiger partial charge in [-0.25, -0.2) is 8.42 Å². The summed E-state index contributed by atoms with van der Waals surface area (Å²) in [7, 11) is -1.19.